The molecule has 0 saturated heterocycles. The highest BCUT2D eigenvalue weighted by atomic mass is 35.5. The molecular formula is C15H10ClF2N3O2. The predicted molar refractivity (Wildman–Crippen MR) is 79.4 cm³/mol. The molecule has 0 saturated carbocycles. The van der Waals surface area contributed by atoms with E-state index in [0.717, 1.165) is 18.2 Å². The Morgan fingerprint density at radius 1 is 1.30 bits per heavy atom. The van der Waals surface area contributed by atoms with Crippen molar-refractivity contribution in [3.63, 3.8) is 0 Å². The number of aromatic nitrogens is 2. The van der Waals surface area contributed by atoms with Gasteiger partial charge in [0, 0.05) is 12.3 Å². The number of carbonyl (C=O) groups is 1. The average Bonchev–Trinajstić information content (AvgIpc) is 3.13. The number of rotatable bonds is 4. The van der Waals surface area contributed by atoms with Gasteiger partial charge in [-0.2, -0.15) is 5.10 Å². The van der Waals surface area contributed by atoms with Gasteiger partial charge in [-0.15, -0.1) is 0 Å². The fraction of sp³-hybridized carbons (Fsp3) is 0.0667. The second-order valence-electron chi connectivity index (χ2n) is 4.70. The first-order chi connectivity index (χ1) is 11.0. The molecular weight excluding hydrogens is 328 g/mol. The number of hydrogen-bond donors (Lipinski definition) is 1. The van der Waals surface area contributed by atoms with E-state index in [1.165, 1.54) is 16.9 Å². The largest absolute Gasteiger partial charge is 0.454 e. The van der Waals surface area contributed by atoms with Gasteiger partial charge in [-0.25, -0.2) is 8.78 Å². The van der Waals surface area contributed by atoms with Crippen LogP contribution in [0.5, 0.6) is 0 Å². The van der Waals surface area contributed by atoms with Crippen LogP contribution in [0.1, 0.15) is 16.3 Å². The topological polar surface area (TPSA) is 60.1 Å². The zero-order valence-corrected chi connectivity index (χ0v) is 12.3. The Balaban J connectivity index is 1.72. The summed E-state index contributed by atoms with van der Waals surface area (Å²) in [6, 6.07) is 5.81. The van der Waals surface area contributed by atoms with Gasteiger partial charge >= 0.3 is 0 Å². The molecule has 2 aromatic heterocycles. The van der Waals surface area contributed by atoms with Crippen molar-refractivity contribution in [1.82, 2.24) is 9.78 Å². The second-order valence-corrected chi connectivity index (χ2v) is 5.14. The highest BCUT2D eigenvalue weighted by Gasteiger charge is 2.14. The van der Waals surface area contributed by atoms with Crippen molar-refractivity contribution in [3.8, 4) is 0 Å². The Hall–Kier alpha value is -2.67. The number of amides is 1. The maximum atomic E-state index is 13.5. The van der Waals surface area contributed by atoms with Crippen molar-refractivity contribution in [1.29, 1.82) is 0 Å². The summed E-state index contributed by atoms with van der Waals surface area (Å²) in [5.74, 6) is -1.63. The van der Waals surface area contributed by atoms with Gasteiger partial charge in [0.1, 0.15) is 17.4 Å². The first kappa shape index (κ1) is 15.2. The van der Waals surface area contributed by atoms with Crippen LogP contribution in [0.2, 0.25) is 5.02 Å². The van der Waals surface area contributed by atoms with Gasteiger partial charge in [-0.05, 0) is 24.3 Å². The number of furan rings is 1. The van der Waals surface area contributed by atoms with Gasteiger partial charge in [-0.3, -0.25) is 9.48 Å². The first-order valence-corrected chi connectivity index (χ1v) is 6.92. The SMILES string of the molecule is O=C(Nc1cc(F)ccc1F)c1ccc(Cn2cc(Cl)cn2)o1. The number of hydrogen-bond acceptors (Lipinski definition) is 3. The molecule has 23 heavy (non-hydrogen) atoms. The summed E-state index contributed by atoms with van der Waals surface area (Å²) >= 11 is 5.76. The highest BCUT2D eigenvalue weighted by Crippen LogP contribution is 2.18. The molecule has 2 heterocycles. The Labute approximate surface area is 134 Å². The van der Waals surface area contributed by atoms with Crippen molar-refractivity contribution < 1.29 is 18.0 Å². The Bertz CT molecular complexity index is 860. The molecule has 0 fully saturated rings. The van der Waals surface area contributed by atoms with E-state index in [0.29, 0.717) is 10.8 Å². The molecule has 0 aliphatic rings. The zero-order valence-electron chi connectivity index (χ0n) is 11.6. The van der Waals surface area contributed by atoms with E-state index in [1.807, 2.05) is 0 Å². The summed E-state index contributed by atoms with van der Waals surface area (Å²) in [5.41, 5.74) is -0.258. The zero-order chi connectivity index (χ0) is 16.4. The molecule has 118 valence electrons. The van der Waals surface area contributed by atoms with E-state index in [9.17, 15) is 13.6 Å². The standard InChI is InChI=1S/C15H10ClF2N3O2/c16-9-6-19-21(7-9)8-11-2-4-14(23-11)15(22)20-13-5-10(17)1-3-12(13)18/h1-7H,8H2,(H,20,22). The normalized spacial score (nSPS) is 10.7. The minimum atomic E-state index is -0.738. The third-order valence-corrected chi connectivity index (χ3v) is 3.18. The summed E-state index contributed by atoms with van der Waals surface area (Å²) in [4.78, 5) is 12.0. The van der Waals surface area contributed by atoms with Gasteiger partial charge in [0.25, 0.3) is 5.91 Å². The molecule has 1 amide bonds. The number of nitrogens with one attached hydrogen (secondary N) is 1. The summed E-state index contributed by atoms with van der Waals surface area (Å²) in [6.45, 7) is 0.286. The van der Waals surface area contributed by atoms with Crippen molar-refractivity contribution in [2.24, 2.45) is 0 Å². The smallest absolute Gasteiger partial charge is 0.291 e. The van der Waals surface area contributed by atoms with Crippen molar-refractivity contribution >= 4 is 23.2 Å². The molecule has 0 atom stereocenters. The van der Waals surface area contributed by atoms with Crippen molar-refractivity contribution in [2.45, 2.75) is 6.54 Å². The summed E-state index contributed by atoms with van der Waals surface area (Å²) < 4.78 is 33.5. The quantitative estimate of drug-likeness (QED) is 0.789. The molecule has 3 aromatic rings. The maximum Gasteiger partial charge on any atom is 0.291 e. The summed E-state index contributed by atoms with van der Waals surface area (Å²) in [6.07, 6.45) is 3.08. The third-order valence-electron chi connectivity index (χ3n) is 2.98. The molecule has 8 heteroatoms. The van der Waals surface area contributed by atoms with Crippen LogP contribution in [0.4, 0.5) is 14.5 Å². The van der Waals surface area contributed by atoms with Crippen LogP contribution in [-0.2, 0) is 6.54 Å². The van der Waals surface area contributed by atoms with E-state index in [2.05, 4.69) is 10.4 Å². The Morgan fingerprint density at radius 3 is 2.87 bits per heavy atom. The lowest BCUT2D eigenvalue weighted by atomic mass is 10.3. The highest BCUT2D eigenvalue weighted by molar-refractivity contribution is 6.30. The van der Waals surface area contributed by atoms with Crippen LogP contribution in [0.3, 0.4) is 0 Å². The lowest BCUT2D eigenvalue weighted by molar-refractivity contribution is 0.0994. The van der Waals surface area contributed by atoms with Crippen molar-refractivity contribution in [3.05, 3.63) is 70.9 Å². The fourth-order valence-electron chi connectivity index (χ4n) is 1.95. The molecule has 0 aliphatic heterocycles. The van der Waals surface area contributed by atoms with Gasteiger partial charge < -0.3 is 9.73 Å². The second kappa shape index (κ2) is 6.21. The van der Waals surface area contributed by atoms with Crippen LogP contribution in [-0.4, -0.2) is 15.7 Å². The Morgan fingerprint density at radius 2 is 2.13 bits per heavy atom. The van der Waals surface area contributed by atoms with Crippen LogP contribution in [0.15, 0.2) is 47.1 Å². The molecule has 0 aliphatic carbocycles. The Kier molecular flexibility index (Phi) is 4.12. The van der Waals surface area contributed by atoms with E-state index in [4.69, 9.17) is 16.0 Å². The van der Waals surface area contributed by atoms with Gasteiger partial charge in [0.15, 0.2) is 5.76 Å². The first-order valence-electron chi connectivity index (χ1n) is 6.54. The van der Waals surface area contributed by atoms with E-state index in [1.54, 1.807) is 12.3 Å². The van der Waals surface area contributed by atoms with E-state index >= 15 is 0 Å². The number of carbonyl (C=O) groups excluding carboxylic acids is 1. The van der Waals surface area contributed by atoms with Crippen LogP contribution in [0, 0.1) is 11.6 Å². The minimum Gasteiger partial charge on any atom is -0.454 e. The van der Waals surface area contributed by atoms with Crippen LogP contribution < -0.4 is 5.32 Å². The number of anilines is 1. The van der Waals surface area contributed by atoms with Crippen molar-refractivity contribution in [2.75, 3.05) is 5.32 Å². The van der Waals surface area contributed by atoms with Crippen LogP contribution in [0.25, 0.3) is 0 Å². The molecule has 3 rings (SSSR count). The molecule has 1 aromatic carbocycles. The average molecular weight is 338 g/mol. The van der Waals surface area contributed by atoms with Crippen LogP contribution >= 0.6 is 11.6 Å². The maximum absolute atomic E-state index is 13.5. The monoisotopic (exact) mass is 337 g/mol. The van der Waals surface area contributed by atoms with Gasteiger partial charge in [0.2, 0.25) is 0 Å². The predicted octanol–water partition coefficient (Wildman–Crippen LogP) is 3.71. The third kappa shape index (κ3) is 3.57. The minimum absolute atomic E-state index is 0.0260. The number of halogens is 3. The lowest BCUT2D eigenvalue weighted by Crippen LogP contribution is -2.12. The molecule has 0 unspecified atom stereocenters. The summed E-state index contributed by atoms with van der Waals surface area (Å²) in [5, 5.41) is 6.73. The fourth-order valence-corrected chi connectivity index (χ4v) is 2.10. The van der Waals surface area contributed by atoms with E-state index < -0.39 is 17.5 Å². The molecule has 1 N–H and O–H groups in total. The molecule has 0 radical (unpaired) electrons. The summed E-state index contributed by atoms with van der Waals surface area (Å²) in [7, 11) is 0. The number of nitrogens with zero attached hydrogens (tertiary/aromatic N) is 2. The molecule has 5 nitrogen and oxygen atoms in total. The van der Waals surface area contributed by atoms with E-state index in [-0.39, 0.29) is 18.0 Å². The molecule has 0 bridgehead atoms. The van der Waals surface area contributed by atoms with Gasteiger partial charge in [0.05, 0.1) is 23.5 Å². The lowest BCUT2D eigenvalue weighted by Gasteiger charge is -2.04. The molecule has 0 spiro atoms. The van der Waals surface area contributed by atoms with Gasteiger partial charge in [-0.1, -0.05) is 11.6 Å². The number of benzene rings is 1.